The van der Waals surface area contributed by atoms with Crippen molar-refractivity contribution in [2.24, 2.45) is 11.7 Å². The maximum absolute atomic E-state index is 6.23. The molecule has 1 saturated carbocycles. The zero-order valence-electron chi connectivity index (χ0n) is 10.6. The Hall–Kier alpha value is -0.890. The van der Waals surface area contributed by atoms with E-state index in [9.17, 15) is 0 Å². The van der Waals surface area contributed by atoms with Gasteiger partial charge in [0.15, 0.2) is 0 Å². The summed E-state index contributed by atoms with van der Waals surface area (Å²) < 4.78 is 0. The molecule has 0 bridgehead atoms. The van der Waals surface area contributed by atoms with Crippen molar-refractivity contribution in [1.29, 1.82) is 0 Å². The summed E-state index contributed by atoms with van der Waals surface area (Å²) in [6.07, 6.45) is 14.2. The molecule has 17 heavy (non-hydrogen) atoms. The van der Waals surface area contributed by atoms with Crippen LogP contribution in [0, 0.1) is 5.92 Å². The summed E-state index contributed by atoms with van der Waals surface area (Å²) in [5.41, 5.74) is 7.54. The fourth-order valence-corrected chi connectivity index (χ4v) is 2.87. The number of rotatable bonds is 5. The van der Waals surface area contributed by atoms with E-state index in [0.717, 1.165) is 18.8 Å². The molecule has 0 aromatic carbocycles. The minimum Gasteiger partial charge on any atom is -0.328 e. The summed E-state index contributed by atoms with van der Waals surface area (Å²) in [4.78, 5) is 4.14. The molecule has 1 unspecified atom stereocenters. The molecule has 2 N–H and O–H groups in total. The SMILES string of the molecule is NC(CCc1cccnc1)CC1CCCCC1. The van der Waals surface area contributed by atoms with Crippen molar-refractivity contribution < 1.29 is 0 Å². The van der Waals surface area contributed by atoms with Gasteiger partial charge in [0.2, 0.25) is 0 Å². The highest BCUT2D eigenvalue weighted by molar-refractivity contribution is 5.08. The Morgan fingerprint density at radius 3 is 2.82 bits per heavy atom. The van der Waals surface area contributed by atoms with Gasteiger partial charge in [0.05, 0.1) is 0 Å². The van der Waals surface area contributed by atoms with Crippen molar-refractivity contribution >= 4 is 0 Å². The topological polar surface area (TPSA) is 38.9 Å². The highest BCUT2D eigenvalue weighted by Gasteiger charge is 2.16. The Labute approximate surface area is 105 Å². The van der Waals surface area contributed by atoms with Gasteiger partial charge in [-0.1, -0.05) is 38.2 Å². The van der Waals surface area contributed by atoms with E-state index < -0.39 is 0 Å². The van der Waals surface area contributed by atoms with Crippen molar-refractivity contribution in [3.05, 3.63) is 30.1 Å². The van der Waals surface area contributed by atoms with Crippen LogP contribution in [0.3, 0.4) is 0 Å². The second kappa shape index (κ2) is 6.75. The molecule has 1 aliphatic carbocycles. The number of aryl methyl sites for hydroxylation is 1. The lowest BCUT2D eigenvalue weighted by Gasteiger charge is -2.24. The number of hydrogen-bond acceptors (Lipinski definition) is 2. The van der Waals surface area contributed by atoms with Crippen molar-refractivity contribution in [2.45, 2.75) is 57.4 Å². The van der Waals surface area contributed by atoms with Crippen LogP contribution in [0.2, 0.25) is 0 Å². The molecule has 1 atom stereocenters. The Bertz CT molecular complexity index is 304. The molecular formula is C15H24N2. The zero-order valence-corrected chi connectivity index (χ0v) is 10.6. The first kappa shape index (κ1) is 12.6. The lowest BCUT2D eigenvalue weighted by atomic mass is 9.84. The van der Waals surface area contributed by atoms with Gasteiger partial charge in [-0.25, -0.2) is 0 Å². The van der Waals surface area contributed by atoms with E-state index in [-0.39, 0.29) is 0 Å². The molecule has 1 heterocycles. The summed E-state index contributed by atoms with van der Waals surface area (Å²) in [5, 5.41) is 0. The van der Waals surface area contributed by atoms with Crippen LogP contribution in [0.15, 0.2) is 24.5 Å². The number of hydrogen-bond donors (Lipinski definition) is 1. The average molecular weight is 232 g/mol. The molecule has 0 spiro atoms. The maximum Gasteiger partial charge on any atom is 0.0299 e. The van der Waals surface area contributed by atoms with E-state index in [1.165, 1.54) is 44.1 Å². The molecule has 0 saturated heterocycles. The van der Waals surface area contributed by atoms with Gasteiger partial charge in [-0.2, -0.15) is 0 Å². The van der Waals surface area contributed by atoms with E-state index in [1.807, 2.05) is 18.5 Å². The van der Waals surface area contributed by atoms with Gasteiger partial charge in [0.25, 0.3) is 0 Å². The van der Waals surface area contributed by atoms with E-state index in [4.69, 9.17) is 5.73 Å². The summed E-state index contributed by atoms with van der Waals surface area (Å²) >= 11 is 0. The molecule has 1 fully saturated rings. The summed E-state index contributed by atoms with van der Waals surface area (Å²) in [7, 11) is 0. The fraction of sp³-hybridized carbons (Fsp3) is 0.667. The second-order valence-corrected chi connectivity index (χ2v) is 5.40. The maximum atomic E-state index is 6.23. The molecule has 2 heteroatoms. The smallest absolute Gasteiger partial charge is 0.0299 e. The van der Waals surface area contributed by atoms with Crippen molar-refractivity contribution in [2.75, 3.05) is 0 Å². The highest BCUT2D eigenvalue weighted by Crippen LogP contribution is 2.27. The number of nitrogens with zero attached hydrogens (tertiary/aromatic N) is 1. The number of pyridine rings is 1. The second-order valence-electron chi connectivity index (χ2n) is 5.40. The Kier molecular flexibility index (Phi) is 4.99. The molecule has 1 aliphatic rings. The molecule has 94 valence electrons. The summed E-state index contributed by atoms with van der Waals surface area (Å²) in [5.74, 6) is 0.896. The van der Waals surface area contributed by atoms with Crippen molar-refractivity contribution in [3.63, 3.8) is 0 Å². The first-order valence-electron chi connectivity index (χ1n) is 6.99. The largest absolute Gasteiger partial charge is 0.328 e. The van der Waals surface area contributed by atoms with Crippen LogP contribution in [0.5, 0.6) is 0 Å². The normalized spacial score (nSPS) is 19.1. The minimum atomic E-state index is 0.373. The van der Waals surface area contributed by atoms with Crippen LogP contribution in [0.4, 0.5) is 0 Å². The van der Waals surface area contributed by atoms with Crippen LogP contribution < -0.4 is 5.73 Å². The summed E-state index contributed by atoms with van der Waals surface area (Å²) in [6, 6.07) is 4.51. The fourth-order valence-electron chi connectivity index (χ4n) is 2.87. The summed E-state index contributed by atoms with van der Waals surface area (Å²) in [6.45, 7) is 0. The van der Waals surface area contributed by atoms with Crippen LogP contribution in [0.1, 0.15) is 50.5 Å². The molecule has 0 aliphatic heterocycles. The predicted octanol–water partition coefficient (Wildman–Crippen LogP) is 3.31. The molecule has 2 rings (SSSR count). The van der Waals surface area contributed by atoms with Gasteiger partial charge in [0.1, 0.15) is 0 Å². The van der Waals surface area contributed by atoms with Gasteiger partial charge in [-0.15, -0.1) is 0 Å². The monoisotopic (exact) mass is 232 g/mol. The van der Waals surface area contributed by atoms with E-state index >= 15 is 0 Å². The van der Waals surface area contributed by atoms with E-state index in [1.54, 1.807) is 0 Å². The van der Waals surface area contributed by atoms with Gasteiger partial charge < -0.3 is 5.73 Å². The first-order valence-corrected chi connectivity index (χ1v) is 6.99. The van der Waals surface area contributed by atoms with Crippen LogP contribution in [-0.2, 0) is 6.42 Å². The quantitative estimate of drug-likeness (QED) is 0.846. The van der Waals surface area contributed by atoms with Crippen LogP contribution in [-0.4, -0.2) is 11.0 Å². The van der Waals surface area contributed by atoms with Crippen LogP contribution in [0.25, 0.3) is 0 Å². The number of aromatic nitrogens is 1. The van der Waals surface area contributed by atoms with Gasteiger partial charge in [-0.3, -0.25) is 4.98 Å². The Balaban J connectivity index is 1.68. The third-order valence-corrected chi connectivity index (χ3v) is 3.89. The first-order chi connectivity index (χ1) is 8.34. The minimum absolute atomic E-state index is 0.373. The molecule has 1 aromatic heterocycles. The van der Waals surface area contributed by atoms with Gasteiger partial charge in [0, 0.05) is 18.4 Å². The third-order valence-electron chi connectivity index (χ3n) is 3.89. The van der Waals surface area contributed by atoms with Crippen molar-refractivity contribution in [3.8, 4) is 0 Å². The molecule has 2 nitrogen and oxygen atoms in total. The average Bonchev–Trinajstić information content (AvgIpc) is 2.39. The standard InChI is InChI=1S/C15H24N2/c16-15(11-13-5-2-1-3-6-13)9-8-14-7-4-10-17-12-14/h4,7,10,12-13,15H,1-3,5-6,8-9,11,16H2. The molecule has 0 radical (unpaired) electrons. The predicted molar refractivity (Wildman–Crippen MR) is 71.7 cm³/mol. The van der Waals surface area contributed by atoms with E-state index in [2.05, 4.69) is 11.1 Å². The molecule has 0 amide bonds. The van der Waals surface area contributed by atoms with Crippen molar-refractivity contribution in [1.82, 2.24) is 4.98 Å². The Morgan fingerprint density at radius 1 is 1.29 bits per heavy atom. The molecular weight excluding hydrogens is 208 g/mol. The van der Waals surface area contributed by atoms with Gasteiger partial charge in [-0.05, 0) is 36.8 Å². The molecule has 1 aromatic rings. The van der Waals surface area contributed by atoms with Gasteiger partial charge >= 0.3 is 0 Å². The van der Waals surface area contributed by atoms with E-state index in [0.29, 0.717) is 6.04 Å². The lowest BCUT2D eigenvalue weighted by molar-refractivity contribution is 0.312. The third kappa shape index (κ3) is 4.47. The number of nitrogens with two attached hydrogens (primary N) is 1. The van der Waals surface area contributed by atoms with Crippen LogP contribution >= 0.6 is 0 Å². The highest BCUT2D eigenvalue weighted by atomic mass is 14.6. The zero-order chi connectivity index (χ0) is 11.9. The Morgan fingerprint density at radius 2 is 2.12 bits per heavy atom. The lowest BCUT2D eigenvalue weighted by Crippen LogP contribution is -2.25.